The Bertz CT molecular complexity index is 327. The third kappa shape index (κ3) is 6.25. The van der Waals surface area contributed by atoms with Crippen molar-refractivity contribution in [3.8, 4) is 0 Å². The van der Waals surface area contributed by atoms with Gasteiger partial charge in [-0.3, -0.25) is 19.2 Å². The molecule has 0 bridgehead atoms. The van der Waals surface area contributed by atoms with Crippen LogP contribution in [0.15, 0.2) is 0 Å². The van der Waals surface area contributed by atoms with E-state index in [1.54, 1.807) is 0 Å². The zero-order valence-corrected chi connectivity index (χ0v) is 8.11. The highest BCUT2D eigenvalue weighted by Gasteiger charge is 2.19. The molecule has 0 aromatic carbocycles. The minimum absolute atomic E-state index is 0.368. The van der Waals surface area contributed by atoms with Crippen LogP contribution in [-0.2, 0) is 24.0 Å². The van der Waals surface area contributed by atoms with Crippen molar-refractivity contribution in [2.75, 3.05) is 0 Å². The van der Waals surface area contributed by atoms with Crippen molar-refractivity contribution in [3.63, 3.8) is 0 Å². The molecule has 15 heavy (non-hydrogen) atoms. The molecule has 0 saturated carbocycles. The lowest BCUT2D eigenvalue weighted by Gasteiger charge is -1.96. The molecule has 0 aromatic rings. The molecule has 0 spiro atoms. The number of carbonyl (C=O) groups is 5. The molecule has 0 aliphatic carbocycles. The fourth-order valence-electron chi connectivity index (χ4n) is 0.877. The highest BCUT2D eigenvalue weighted by atomic mass is 16.4. The Hall–Kier alpha value is -1.85. The van der Waals surface area contributed by atoms with Crippen LogP contribution in [0.5, 0.6) is 0 Å². The van der Waals surface area contributed by atoms with Crippen LogP contribution in [-0.4, -0.2) is 34.2 Å². The summed E-state index contributed by atoms with van der Waals surface area (Å²) in [5.41, 5.74) is 0. The maximum Gasteiger partial charge on any atom is 0.372 e. The lowest BCUT2D eigenvalue weighted by Crippen LogP contribution is -2.19. The molecule has 0 aromatic heterocycles. The molecule has 0 radical (unpaired) electrons. The number of Topliss-reactive ketones (excluding diaryl/α,β-unsaturated/α-hetero) is 4. The molecule has 0 saturated heterocycles. The lowest BCUT2D eigenvalue weighted by molar-refractivity contribution is -0.150. The van der Waals surface area contributed by atoms with Crippen molar-refractivity contribution >= 4 is 29.1 Å². The number of carboxylic acid groups (broad SMARTS) is 1. The summed E-state index contributed by atoms with van der Waals surface area (Å²) >= 11 is 0. The van der Waals surface area contributed by atoms with Crippen molar-refractivity contribution in [1.82, 2.24) is 0 Å². The van der Waals surface area contributed by atoms with Crippen molar-refractivity contribution in [3.05, 3.63) is 0 Å². The smallest absolute Gasteiger partial charge is 0.372 e. The highest BCUT2D eigenvalue weighted by molar-refractivity contribution is 6.36. The molecule has 0 amide bonds. The fourth-order valence-corrected chi connectivity index (χ4v) is 0.877. The normalized spacial score (nSPS) is 9.40. The van der Waals surface area contributed by atoms with Gasteiger partial charge in [0.1, 0.15) is 17.3 Å². The molecule has 0 heterocycles. The molecular formula is C9H10O6. The summed E-state index contributed by atoms with van der Waals surface area (Å²) in [6.07, 6.45) is -1.75. The van der Waals surface area contributed by atoms with E-state index >= 15 is 0 Å². The van der Waals surface area contributed by atoms with Gasteiger partial charge in [0, 0.05) is 0 Å². The summed E-state index contributed by atoms with van der Waals surface area (Å²) in [5.74, 6) is -4.73. The van der Waals surface area contributed by atoms with Crippen LogP contribution >= 0.6 is 0 Å². The van der Waals surface area contributed by atoms with Gasteiger partial charge in [0.2, 0.25) is 5.78 Å². The molecular weight excluding hydrogens is 204 g/mol. The summed E-state index contributed by atoms with van der Waals surface area (Å²) in [4.78, 5) is 52.9. The maximum atomic E-state index is 10.9. The van der Waals surface area contributed by atoms with E-state index in [1.807, 2.05) is 0 Å². The number of carbonyl (C=O) groups excluding carboxylic acids is 4. The molecule has 0 aliphatic heterocycles. The highest BCUT2D eigenvalue weighted by Crippen LogP contribution is 1.97. The Morgan fingerprint density at radius 1 is 0.867 bits per heavy atom. The molecule has 0 atom stereocenters. The number of hydrogen-bond acceptors (Lipinski definition) is 5. The second kappa shape index (κ2) is 5.79. The Labute approximate surface area is 85.3 Å². The predicted octanol–water partition coefficient (Wildman–Crippen LogP) is -0.462. The average Bonchev–Trinajstić information content (AvgIpc) is 2.00. The van der Waals surface area contributed by atoms with Crippen molar-refractivity contribution in [2.45, 2.75) is 26.2 Å². The van der Waals surface area contributed by atoms with E-state index in [2.05, 4.69) is 0 Å². The van der Waals surface area contributed by atoms with E-state index < -0.39 is 36.2 Å². The molecule has 0 aliphatic rings. The van der Waals surface area contributed by atoms with Gasteiger partial charge in [-0.1, -0.05) is 0 Å². The van der Waals surface area contributed by atoms with Gasteiger partial charge in [-0.2, -0.15) is 0 Å². The van der Waals surface area contributed by atoms with Crippen LogP contribution < -0.4 is 0 Å². The van der Waals surface area contributed by atoms with E-state index in [9.17, 15) is 24.0 Å². The van der Waals surface area contributed by atoms with Gasteiger partial charge in [-0.25, -0.2) is 4.79 Å². The first-order valence-electron chi connectivity index (χ1n) is 4.12. The monoisotopic (exact) mass is 214 g/mol. The van der Waals surface area contributed by atoms with Gasteiger partial charge in [-0.05, 0) is 6.92 Å². The topological polar surface area (TPSA) is 106 Å². The van der Waals surface area contributed by atoms with Crippen LogP contribution in [0.25, 0.3) is 0 Å². The van der Waals surface area contributed by atoms with Crippen molar-refractivity contribution in [1.29, 1.82) is 0 Å². The van der Waals surface area contributed by atoms with Crippen molar-refractivity contribution in [2.24, 2.45) is 0 Å². The van der Waals surface area contributed by atoms with Gasteiger partial charge in [-0.15, -0.1) is 0 Å². The predicted molar refractivity (Wildman–Crippen MR) is 47.2 cm³/mol. The Morgan fingerprint density at radius 2 is 1.33 bits per heavy atom. The standard InChI is InChI=1S/C9H10O6/c1-5(10)2-6(11)3-7(12)4-8(13)9(14)15/h2-4H2,1H3,(H,14,15). The first-order valence-corrected chi connectivity index (χ1v) is 4.12. The number of hydrogen-bond donors (Lipinski definition) is 1. The van der Waals surface area contributed by atoms with Crippen LogP contribution in [0, 0.1) is 0 Å². The van der Waals surface area contributed by atoms with Crippen LogP contribution in [0.2, 0.25) is 0 Å². The minimum Gasteiger partial charge on any atom is -0.475 e. The fraction of sp³-hybridized carbons (Fsp3) is 0.444. The largest absolute Gasteiger partial charge is 0.475 e. The van der Waals surface area contributed by atoms with Crippen molar-refractivity contribution < 1.29 is 29.1 Å². The molecule has 0 unspecified atom stereocenters. The van der Waals surface area contributed by atoms with Gasteiger partial charge in [0.25, 0.3) is 0 Å². The van der Waals surface area contributed by atoms with Crippen LogP contribution in [0.1, 0.15) is 26.2 Å². The number of ketones is 4. The van der Waals surface area contributed by atoms with E-state index in [0.29, 0.717) is 0 Å². The second-order valence-corrected chi connectivity index (χ2v) is 3.04. The zero-order valence-electron chi connectivity index (χ0n) is 8.11. The summed E-state index contributed by atoms with van der Waals surface area (Å²) in [5, 5.41) is 8.17. The Kier molecular flexibility index (Phi) is 5.08. The van der Waals surface area contributed by atoms with Gasteiger partial charge >= 0.3 is 5.97 Å². The summed E-state index contributed by atoms with van der Waals surface area (Å²) < 4.78 is 0. The van der Waals surface area contributed by atoms with E-state index in [4.69, 9.17) is 5.11 Å². The first kappa shape index (κ1) is 13.2. The maximum absolute atomic E-state index is 10.9. The molecule has 82 valence electrons. The Balaban J connectivity index is 4.04. The van der Waals surface area contributed by atoms with Gasteiger partial charge < -0.3 is 5.11 Å². The Morgan fingerprint density at radius 3 is 1.73 bits per heavy atom. The van der Waals surface area contributed by atoms with Gasteiger partial charge in [0.15, 0.2) is 0 Å². The molecule has 6 nitrogen and oxygen atoms in total. The third-order valence-corrected chi connectivity index (χ3v) is 1.44. The number of aliphatic carboxylic acids is 1. The minimum atomic E-state index is -1.71. The summed E-state index contributed by atoms with van der Waals surface area (Å²) in [6.45, 7) is 1.20. The lowest BCUT2D eigenvalue weighted by atomic mass is 10.1. The zero-order chi connectivity index (χ0) is 12.0. The SMILES string of the molecule is CC(=O)CC(=O)CC(=O)CC(=O)C(=O)O. The second-order valence-electron chi connectivity index (χ2n) is 3.04. The van der Waals surface area contributed by atoms with Crippen LogP contribution in [0.3, 0.4) is 0 Å². The van der Waals surface area contributed by atoms with E-state index in [-0.39, 0.29) is 12.2 Å². The third-order valence-electron chi connectivity index (χ3n) is 1.44. The van der Waals surface area contributed by atoms with E-state index in [0.717, 1.165) is 0 Å². The summed E-state index contributed by atoms with van der Waals surface area (Å²) in [7, 11) is 0. The number of carboxylic acids is 1. The molecule has 1 N–H and O–H groups in total. The van der Waals surface area contributed by atoms with Gasteiger partial charge in [0.05, 0.1) is 19.3 Å². The summed E-state index contributed by atoms with van der Waals surface area (Å²) in [6, 6.07) is 0. The quantitative estimate of drug-likeness (QED) is 0.454. The molecule has 0 rings (SSSR count). The molecule has 6 heteroatoms. The molecule has 0 fully saturated rings. The van der Waals surface area contributed by atoms with Crippen LogP contribution in [0.4, 0.5) is 0 Å². The first-order chi connectivity index (χ1) is 6.82. The number of rotatable bonds is 7. The van der Waals surface area contributed by atoms with E-state index in [1.165, 1.54) is 6.92 Å². The average molecular weight is 214 g/mol.